The highest BCUT2D eigenvalue weighted by atomic mass is 32.1. The lowest BCUT2D eigenvalue weighted by Gasteiger charge is -2.19. The van der Waals surface area contributed by atoms with Crippen LogP contribution in [0.5, 0.6) is 5.75 Å². The average Bonchev–Trinajstić information content (AvgIpc) is 3.18. The van der Waals surface area contributed by atoms with Crippen LogP contribution in [0.25, 0.3) is 10.2 Å². The predicted octanol–water partition coefficient (Wildman–Crippen LogP) is 4.33. The molecule has 140 valence electrons. The van der Waals surface area contributed by atoms with Gasteiger partial charge in [0.15, 0.2) is 5.13 Å². The molecule has 0 N–H and O–H groups in total. The Bertz CT molecular complexity index is 1080. The van der Waals surface area contributed by atoms with Gasteiger partial charge in [-0.05, 0) is 24.6 Å². The molecule has 6 nitrogen and oxygen atoms in total. The van der Waals surface area contributed by atoms with Crippen LogP contribution < -0.4 is 9.64 Å². The van der Waals surface area contributed by atoms with Crippen molar-refractivity contribution in [2.75, 3.05) is 11.5 Å². The summed E-state index contributed by atoms with van der Waals surface area (Å²) in [5.74, 6) is 0.475. The van der Waals surface area contributed by atoms with Crippen molar-refractivity contribution in [3.05, 3.63) is 78.4 Å². The summed E-state index contributed by atoms with van der Waals surface area (Å²) in [5.41, 5.74) is 2.04. The lowest BCUT2D eigenvalue weighted by molar-refractivity contribution is 0.0980. The van der Waals surface area contributed by atoms with Crippen molar-refractivity contribution in [2.45, 2.75) is 13.5 Å². The number of hydrogen-bond acceptors (Lipinski definition) is 6. The van der Waals surface area contributed by atoms with Crippen molar-refractivity contribution < 1.29 is 9.53 Å². The molecule has 0 bridgehead atoms. The molecular weight excluding hydrogens is 372 g/mol. The van der Waals surface area contributed by atoms with E-state index in [0.29, 0.717) is 24.0 Å². The van der Waals surface area contributed by atoms with Crippen LogP contribution in [0.3, 0.4) is 0 Å². The maximum absolute atomic E-state index is 13.2. The summed E-state index contributed by atoms with van der Waals surface area (Å²) in [7, 11) is 0. The average molecular weight is 390 g/mol. The molecule has 0 unspecified atom stereocenters. The van der Waals surface area contributed by atoms with E-state index in [0.717, 1.165) is 15.8 Å². The Balaban J connectivity index is 1.77. The van der Waals surface area contributed by atoms with E-state index in [1.807, 2.05) is 55.5 Å². The lowest BCUT2D eigenvalue weighted by atomic mass is 10.2. The number of thiazole rings is 1. The molecule has 0 saturated heterocycles. The monoisotopic (exact) mass is 390 g/mol. The van der Waals surface area contributed by atoms with Crippen LogP contribution in [0.1, 0.15) is 23.0 Å². The third-order valence-electron chi connectivity index (χ3n) is 4.11. The Morgan fingerprint density at radius 3 is 2.71 bits per heavy atom. The van der Waals surface area contributed by atoms with Gasteiger partial charge in [-0.1, -0.05) is 47.7 Å². The quantitative estimate of drug-likeness (QED) is 0.490. The standard InChI is InChI=1S/C21H18N4O2S/c1-2-27-17-9-6-10-18-19(17)24-21(28-18)25(14-15-7-4-3-5-8-15)20(26)16-13-22-11-12-23-16/h3-13H,2,14H2,1H3. The van der Waals surface area contributed by atoms with Crippen molar-refractivity contribution >= 4 is 32.6 Å². The van der Waals surface area contributed by atoms with E-state index >= 15 is 0 Å². The minimum atomic E-state index is -0.242. The fourth-order valence-electron chi connectivity index (χ4n) is 2.84. The van der Waals surface area contributed by atoms with Crippen LogP contribution in [0.4, 0.5) is 5.13 Å². The van der Waals surface area contributed by atoms with Crippen LogP contribution >= 0.6 is 11.3 Å². The SMILES string of the molecule is CCOc1cccc2sc(N(Cc3ccccc3)C(=O)c3cnccn3)nc12. The van der Waals surface area contributed by atoms with Gasteiger partial charge in [-0.25, -0.2) is 9.97 Å². The van der Waals surface area contributed by atoms with Gasteiger partial charge in [-0.15, -0.1) is 0 Å². The Morgan fingerprint density at radius 1 is 1.11 bits per heavy atom. The van der Waals surface area contributed by atoms with Crippen molar-refractivity contribution in [3.63, 3.8) is 0 Å². The number of amides is 1. The molecule has 2 aromatic heterocycles. The maximum Gasteiger partial charge on any atom is 0.280 e. The number of anilines is 1. The van der Waals surface area contributed by atoms with Gasteiger partial charge in [-0.3, -0.25) is 14.7 Å². The fraction of sp³-hybridized carbons (Fsp3) is 0.143. The van der Waals surface area contributed by atoms with Crippen LogP contribution in [0.2, 0.25) is 0 Å². The molecule has 1 amide bonds. The first-order valence-electron chi connectivity index (χ1n) is 8.90. The van der Waals surface area contributed by atoms with Crippen molar-refractivity contribution in [3.8, 4) is 5.75 Å². The minimum absolute atomic E-state index is 0.242. The van der Waals surface area contributed by atoms with Gasteiger partial charge < -0.3 is 4.74 Å². The number of para-hydroxylation sites is 1. The Kier molecular flexibility index (Phi) is 5.25. The molecule has 0 aliphatic rings. The molecular formula is C21H18N4O2S. The Hall–Kier alpha value is -3.32. The smallest absolute Gasteiger partial charge is 0.280 e. The largest absolute Gasteiger partial charge is 0.492 e. The second-order valence-electron chi connectivity index (χ2n) is 6.00. The number of carbonyl (C=O) groups is 1. The zero-order valence-corrected chi connectivity index (χ0v) is 16.1. The number of rotatable bonds is 6. The Morgan fingerprint density at radius 2 is 1.96 bits per heavy atom. The molecule has 0 spiro atoms. The Labute approximate surface area is 166 Å². The fourth-order valence-corrected chi connectivity index (χ4v) is 3.82. The maximum atomic E-state index is 13.2. The van der Waals surface area contributed by atoms with Crippen molar-refractivity contribution in [2.24, 2.45) is 0 Å². The van der Waals surface area contributed by atoms with E-state index in [-0.39, 0.29) is 11.6 Å². The van der Waals surface area contributed by atoms with E-state index < -0.39 is 0 Å². The first-order chi connectivity index (χ1) is 13.8. The number of carbonyl (C=O) groups excluding carboxylic acids is 1. The summed E-state index contributed by atoms with van der Waals surface area (Å²) in [6.07, 6.45) is 4.53. The molecule has 0 fully saturated rings. The zero-order valence-electron chi connectivity index (χ0n) is 15.3. The topological polar surface area (TPSA) is 68.2 Å². The molecule has 2 heterocycles. The zero-order chi connectivity index (χ0) is 19.3. The van der Waals surface area contributed by atoms with E-state index in [9.17, 15) is 4.79 Å². The summed E-state index contributed by atoms with van der Waals surface area (Å²) in [4.78, 5) is 27.7. The van der Waals surface area contributed by atoms with Crippen molar-refractivity contribution in [1.82, 2.24) is 15.0 Å². The summed E-state index contributed by atoms with van der Waals surface area (Å²) < 4.78 is 6.66. The predicted molar refractivity (Wildman–Crippen MR) is 110 cm³/mol. The van der Waals surface area contributed by atoms with Gasteiger partial charge >= 0.3 is 0 Å². The van der Waals surface area contributed by atoms with Gasteiger partial charge in [0.25, 0.3) is 5.91 Å². The molecule has 0 radical (unpaired) electrons. The summed E-state index contributed by atoms with van der Waals surface area (Å²) in [6.45, 7) is 2.88. The molecule has 2 aromatic carbocycles. The molecule has 7 heteroatoms. The number of ether oxygens (including phenoxy) is 1. The van der Waals surface area contributed by atoms with Crippen LogP contribution in [-0.2, 0) is 6.54 Å². The highest BCUT2D eigenvalue weighted by molar-refractivity contribution is 7.22. The molecule has 0 saturated carbocycles. The number of benzene rings is 2. The van der Waals surface area contributed by atoms with Gasteiger partial charge in [0, 0.05) is 12.4 Å². The van der Waals surface area contributed by atoms with Gasteiger partial charge in [0.05, 0.1) is 24.0 Å². The van der Waals surface area contributed by atoms with E-state index in [1.165, 1.54) is 23.7 Å². The molecule has 28 heavy (non-hydrogen) atoms. The van der Waals surface area contributed by atoms with Gasteiger partial charge in [0.2, 0.25) is 0 Å². The van der Waals surface area contributed by atoms with Gasteiger partial charge in [-0.2, -0.15) is 0 Å². The van der Waals surface area contributed by atoms with E-state index in [2.05, 4.69) is 9.97 Å². The summed E-state index contributed by atoms with van der Waals surface area (Å²) in [5, 5.41) is 0.599. The second kappa shape index (κ2) is 8.14. The van der Waals surface area contributed by atoms with Crippen molar-refractivity contribution in [1.29, 1.82) is 0 Å². The second-order valence-corrected chi connectivity index (χ2v) is 7.01. The molecule has 0 atom stereocenters. The molecule has 0 aliphatic heterocycles. The minimum Gasteiger partial charge on any atom is -0.492 e. The first kappa shape index (κ1) is 18.1. The normalized spacial score (nSPS) is 10.8. The number of aromatic nitrogens is 3. The lowest BCUT2D eigenvalue weighted by Crippen LogP contribution is -2.31. The van der Waals surface area contributed by atoms with Gasteiger partial charge in [0.1, 0.15) is 17.0 Å². The number of fused-ring (bicyclic) bond motifs is 1. The summed E-state index contributed by atoms with van der Waals surface area (Å²) >= 11 is 1.45. The third kappa shape index (κ3) is 3.70. The van der Waals surface area contributed by atoms with Crippen LogP contribution in [-0.4, -0.2) is 27.5 Å². The molecule has 0 aliphatic carbocycles. The molecule has 4 rings (SSSR count). The van der Waals surface area contributed by atoms with E-state index in [1.54, 1.807) is 11.1 Å². The number of hydrogen-bond donors (Lipinski definition) is 0. The number of nitrogens with zero attached hydrogens (tertiary/aromatic N) is 4. The third-order valence-corrected chi connectivity index (χ3v) is 5.16. The molecule has 4 aromatic rings. The van der Waals surface area contributed by atoms with E-state index in [4.69, 9.17) is 9.72 Å². The first-order valence-corrected chi connectivity index (χ1v) is 9.72. The summed E-state index contributed by atoms with van der Waals surface area (Å²) in [6, 6.07) is 15.6. The van der Waals surface area contributed by atoms with Crippen LogP contribution in [0, 0.1) is 0 Å². The highest BCUT2D eigenvalue weighted by Gasteiger charge is 2.23. The highest BCUT2D eigenvalue weighted by Crippen LogP contribution is 2.35. The van der Waals surface area contributed by atoms with Crippen LogP contribution in [0.15, 0.2) is 67.1 Å².